The molecule has 0 aliphatic rings. The molecular weight excluding hydrogens is 327 g/mol. The Kier molecular flexibility index (Phi) is 3.31. The van der Waals surface area contributed by atoms with E-state index in [1.54, 1.807) is 24.3 Å². The van der Waals surface area contributed by atoms with E-state index in [9.17, 15) is 4.39 Å². The molecule has 1 heterocycles. The Morgan fingerprint density at radius 2 is 2.10 bits per heavy atom. The second kappa shape index (κ2) is 5.13. The highest BCUT2D eigenvalue weighted by Gasteiger charge is 2.08. The smallest absolute Gasteiger partial charge is 0.233 e. The predicted octanol–water partition coefficient (Wildman–Crippen LogP) is 3.89. The monoisotopic (exact) mass is 336 g/mol. The van der Waals surface area contributed by atoms with Crippen molar-refractivity contribution in [2.24, 2.45) is 0 Å². The first-order chi connectivity index (χ1) is 9.61. The van der Waals surface area contributed by atoms with Gasteiger partial charge in [0.15, 0.2) is 12.2 Å². The zero-order valence-electron chi connectivity index (χ0n) is 10.3. The van der Waals surface area contributed by atoms with Gasteiger partial charge in [-0.25, -0.2) is 9.37 Å². The maximum Gasteiger partial charge on any atom is 0.233 e. The van der Waals surface area contributed by atoms with Crippen LogP contribution in [-0.4, -0.2) is 4.98 Å². The molecule has 0 aliphatic carbocycles. The second-order valence-electron chi connectivity index (χ2n) is 4.20. The van der Waals surface area contributed by atoms with E-state index in [0.717, 1.165) is 5.52 Å². The molecule has 0 atom stereocenters. The molecule has 0 spiro atoms. The summed E-state index contributed by atoms with van der Waals surface area (Å²) in [5.74, 6) is 0.622. The number of halogens is 2. The molecule has 0 bridgehead atoms. The van der Waals surface area contributed by atoms with Crippen molar-refractivity contribution < 1.29 is 13.5 Å². The number of nitrogens with two attached hydrogens (primary N) is 1. The summed E-state index contributed by atoms with van der Waals surface area (Å²) >= 11 is 3.23. The number of benzene rings is 2. The standard InChI is InChI=1S/C14H10BrFN2O2/c15-10-5-8(16)1-4-12(10)19-7-14-18-11-3-2-9(17)6-13(11)20-14/h1-6H,7,17H2. The number of rotatable bonds is 3. The zero-order valence-corrected chi connectivity index (χ0v) is 11.9. The van der Waals surface area contributed by atoms with Gasteiger partial charge in [0.25, 0.3) is 0 Å². The van der Waals surface area contributed by atoms with Gasteiger partial charge < -0.3 is 14.9 Å². The molecule has 3 rings (SSSR count). The van der Waals surface area contributed by atoms with Crippen molar-refractivity contribution in [3.63, 3.8) is 0 Å². The highest BCUT2D eigenvalue weighted by molar-refractivity contribution is 9.10. The molecule has 0 fully saturated rings. The number of anilines is 1. The predicted molar refractivity (Wildman–Crippen MR) is 76.9 cm³/mol. The number of oxazole rings is 1. The van der Waals surface area contributed by atoms with Gasteiger partial charge in [0, 0.05) is 11.8 Å². The molecule has 3 aromatic rings. The van der Waals surface area contributed by atoms with Gasteiger partial charge in [-0.05, 0) is 46.3 Å². The van der Waals surface area contributed by atoms with Crippen LogP contribution in [0.1, 0.15) is 5.89 Å². The number of aromatic nitrogens is 1. The molecular formula is C14H10BrFN2O2. The zero-order chi connectivity index (χ0) is 14.1. The summed E-state index contributed by atoms with van der Waals surface area (Å²) in [6.45, 7) is 0.152. The first-order valence-electron chi connectivity index (χ1n) is 5.84. The Labute approximate surface area is 122 Å². The van der Waals surface area contributed by atoms with Crippen molar-refractivity contribution in [1.82, 2.24) is 4.98 Å². The van der Waals surface area contributed by atoms with Crippen molar-refractivity contribution in [3.05, 3.63) is 52.6 Å². The van der Waals surface area contributed by atoms with Crippen molar-refractivity contribution in [1.29, 1.82) is 0 Å². The molecule has 2 N–H and O–H groups in total. The number of nitrogens with zero attached hydrogens (tertiary/aromatic N) is 1. The Hall–Kier alpha value is -2.08. The normalized spacial score (nSPS) is 10.9. The number of fused-ring (bicyclic) bond motifs is 1. The first-order valence-corrected chi connectivity index (χ1v) is 6.64. The first kappa shape index (κ1) is 12.9. The van der Waals surface area contributed by atoms with Crippen molar-refractivity contribution in [2.45, 2.75) is 6.61 Å². The Morgan fingerprint density at radius 3 is 2.90 bits per heavy atom. The Balaban J connectivity index is 1.79. The van der Waals surface area contributed by atoms with E-state index in [0.29, 0.717) is 27.4 Å². The van der Waals surface area contributed by atoms with Gasteiger partial charge in [-0.1, -0.05) is 0 Å². The minimum absolute atomic E-state index is 0.152. The number of ether oxygens (including phenoxy) is 1. The second-order valence-corrected chi connectivity index (χ2v) is 5.05. The van der Waals surface area contributed by atoms with Crippen LogP contribution in [0.4, 0.5) is 10.1 Å². The molecule has 0 aliphatic heterocycles. The van der Waals surface area contributed by atoms with Crippen LogP contribution in [0, 0.1) is 5.82 Å². The maximum absolute atomic E-state index is 13.0. The summed E-state index contributed by atoms with van der Waals surface area (Å²) in [5, 5.41) is 0. The van der Waals surface area contributed by atoms with Gasteiger partial charge in [-0.15, -0.1) is 0 Å². The third-order valence-electron chi connectivity index (χ3n) is 2.70. The van der Waals surface area contributed by atoms with E-state index in [1.807, 2.05) is 0 Å². The van der Waals surface area contributed by atoms with E-state index in [2.05, 4.69) is 20.9 Å². The summed E-state index contributed by atoms with van der Waals surface area (Å²) in [5.41, 5.74) is 7.62. The van der Waals surface area contributed by atoms with Gasteiger partial charge in [0.05, 0.1) is 4.47 Å². The molecule has 4 nitrogen and oxygen atoms in total. The van der Waals surface area contributed by atoms with Gasteiger partial charge in [0.2, 0.25) is 5.89 Å². The number of hydrogen-bond acceptors (Lipinski definition) is 4. The lowest BCUT2D eigenvalue weighted by Gasteiger charge is -2.05. The molecule has 0 saturated carbocycles. The summed E-state index contributed by atoms with van der Waals surface area (Å²) in [6, 6.07) is 9.45. The minimum Gasteiger partial charge on any atom is -0.483 e. The topological polar surface area (TPSA) is 61.3 Å². The van der Waals surface area contributed by atoms with Gasteiger partial charge in [-0.3, -0.25) is 0 Å². The third kappa shape index (κ3) is 2.60. The van der Waals surface area contributed by atoms with Crippen molar-refractivity contribution >= 4 is 32.7 Å². The molecule has 0 saturated heterocycles. The summed E-state index contributed by atoms with van der Waals surface area (Å²) in [6.07, 6.45) is 0. The van der Waals surface area contributed by atoms with Crippen LogP contribution in [0.15, 0.2) is 45.3 Å². The molecule has 6 heteroatoms. The fraction of sp³-hybridized carbons (Fsp3) is 0.0714. The van der Waals surface area contributed by atoms with E-state index in [4.69, 9.17) is 14.9 Å². The third-order valence-corrected chi connectivity index (χ3v) is 3.32. The summed E-state index contributed by atoms with van der Waals surface area (Å²) in [7, 11) is 0. The average molecular weight is 337 g/mol. The van der Waals surface area contributed by atoms with E-state index < -0.39 is 0 Å². The van der Waals surface area contributed by atoms with E-state index >= 15 is 0 Å². The lowest BCUT2D eigenvalue weighted by Crippen LogP contribution is -1.96. The fourth-order valence-corrected chi connectivity index (χ4v) is 2.25. The maximum atomic E-state index is 13.0. The van der Waals surface area contributed by atoms with Crippen LogP contribution >= 0.6 is 15.9 Å². The molecule has 0 amide bonds. The van der Waals surface area contributed by atoms with E-state index in [-0.39, 0.29) is 12.4 Å². The molecule has 2 aromatic carbocycles. The van der Waals surface area contributed by atoms with Gasteiger partial charge >= 0.3 is 0 Å². The van der Waals surface area contributed by atoms with Crippen molar-refractivity contribution in [2.75, 3.05) is 5.73 Å². The number of nitrogen functional groups attached to an aromatic ring is 1. The van der Waals surface area contributed by atoms with Crippen LogP contribution in [-0.2, 0) is 6.61 Å². The minimum atomic E-state index is -0.332. The molecule has 102 valence electrons. The lowest BCUT2D eigenvalue weighted by molar-refractivity contribution is 0.265. The van der Waals surface area contributed by atoms with Crippen LogP contribution < -0.4 is 10.5 Å². The average Bonchev–Trinajstić information content (AvgIpc) is 2.79. The summed E-state index contributed by atoms with van der Waals surface area (Å²) in [4.78, 5) is 4.28. The Bertz CT molecular complexity index is 773. The van der Waals surface area contributed by atoms with E-state index in [1.165, 1.54) is 12.1 Å². The van der Waals surface area contributed by atoms with Crippen LogP contribution in [0.3, 0.4) is 0 Å². The van der Waals surface area contributed by atoms with Crippen LogP contribution in [0.5, 0.6) is 5.75 Å². The van der Waals surface area contributed by atoms with Crippen molar-refractivity contribution in [3.8, 4) is 5.75 Å². The SMILES string of the molecule is Nc1ccc2nc(COc3ccc(F)cc3Br)oc2c1. The highest BCUT2D eigenvalue weighted by Crippen LogP contribution is 2.26. The van der Waals surface area contributed by atoms with Crippen LogP contribution in [0.25, 0.3) is 11.1 Å². The molecule has 0 radical (unpaired) electrons. The molecule has 0 unspecified atom stereocenters. The highest BCUT2D eigenvalue weighted by atomic mass is 79.9. The Morgan fingerprint density at radius 1 is 1.25 bits per heavy atom. The van der Waals surface area contributed by atoms with Gasteiger partial charge in [-0.2, -0.15) is 0 Å². The quantitative estimate of drug-likeness (QED) is 0.737. The largest absolute Gasteiger partial charge is 0.483 e. The lowest BCUT2D eigenvalue weighted by atomic mass is 10.3. The summed E-state index contributed by atoms with van der Waals surface area (Å²) < 4.78 is 24.6. The number of hydrogen-bond donors (Lipinski definition) is 1. The fourth-order valence-electron chi connectivity index (χ4n) is 1.78. The molecule has 1 aromatic heterocycles. The van der Waals surface area contributed by atoms with Crippen LogP contribution in [0.2, 0.25) is 0 Å². The molecule has 20 heavy (non-hydrogen) atoms. The van der Waals surface area contributed by atoms with Gasteiger partial charge in [0.1, 0.15) is 17.1 Å².